The maximum Gasteiger partial charge on any atom is 0.0646 e. The van der Waals surface area contributed by atoms with Crippen molar-refractivity contribution in [2.75, 3.05) is 0 Å². The number of hydrogen-bond acceptors (Lipinski definition) is 1. The van der Waals surface area contributed by atoms with Crippen LogP contribution in [-0.2, 0) is 13.0 Å². The van der Waals surface area contributed by atoms with E-state index in [-0.39, 0.29) is 0 Å². The van der Waals surface area contributed by atoms with Crippen molar-refractivity contribution in [3.63, 3.8) is 0 Å². The number of hydrogen-bond donors (Lipinski definition) is 1. The average Bonchev–Trinajstić information content (AvgIpc) is 2.51. The van der Waals surface area contributed by atoms with Crippen LogP contribution in [0.3, 0.4) is 0 Å². The average molecular weight is 231 g/mol. The number of aliphatic hydroxyl groups is 1. The van der Waals surface area contributed by atoms with E-state index in [4.69, 9.17) is 0 Å². The Labute approximate surface area is 103 Å². The largest absolute Gasteiger partial charge is 0.390 e. The van der Waals surface area contributed by atoms with E-state index in [1.165, 1.54) is 22.2 Å². The molecule has 1 heterocycles. The van der Waals surface area contributed by atoms with Crippen molar-refractivity contribution >= 4 is 10.9 Å². The predicted octanol–water partition coefficient (Wildman–Crippen LogP) is 3.28. The van der Waals surface area contributed by atoms with Crippen LogP contribution in [0, 0.1) is 6.92 Å². The first-order valence-electron chi connectivity index (χ1n) is 6.22. The third-order valence-corrected chi connectivity index (χ3v) is 3.08. The second-order valence-corrected chi connectivity index (χ2v) is 5.43. The van der Waals surface area contributed by atoms with E-state index in [1.807, 2.05) is 13.8 Å². The summed E-state index contributed by atoms with van der Waals surface area (Å²) < 4.78 is 2.29. The maximum absolute atomic E-state index is 9.96. The van der Waals surface area contributed by atoms with Crippen LogP contribution in [0.4, 0.5) is 0 Å². The lowest BCUT2D eigenvalue weighted by atomic mass is 10.0. The Morgan fingerprint density at radius 2 is 1.94 bits per heavy atom. The van der Waals surface area contributed by atoms with Gasteiger partial charge in [0.1, 0.15) is 0 Å². The highest BCUT2D eigenvalue weighted by Gasteiger charge is 2.17. The number of aryl methyl sites for hydroxylation is 2. The number of nitrogens with zero attached hydrogens (tertiary/aromatic N) is 1. The topological polar surface area (TPSA) is 25.2 Å². The van der Waals surface area contributed by atoms with Crippen molar-refractivity contribution in [2.24, 2.45) is 0 Å². The Morgan fingerprint density at radius 1 is 1.24 bits per heavy atom. The van der Waals surface area contributed by atoms with Gasteiger partial charge in [0.15, 0.2) is 0 Å². The lowest BCUT2D eigenvalue weighted by molar-refractivity contribution is 0.0791. The summed E-state index contributed by atoms with van der Waals surface area (Å²) >= 11 is 0. The normalized spacial score (nSPS) is 12.3. The molecule has 0 fully saturated rings. The standard InChI is InChI=1S/C15H21NO/c1-5-16-13(10-15(3,4)17)9-12-7-6-11(2)8-14(12)16/h6-9,17H,5,10H2,1-4H3. The van der Waals surface area contributed by atoms with Crippen molar-refractivity contribution in [3.05, 3.63) is 35.5 Å². The Bertz CT molecular complexity index is 532. The number of aromatic nitrogens is 1. The van der Waals surface area contributed by atoms with Crippen LogP contribution in [0.15, 0.2) is 24.3 Å². The number of benzene rings is 1. The summed E-state index contributed by atoms with van der Waals surface area (Å²) in [5, 5.41) is 11.2. The van der Waals surface area contributed by atoms with E-state index in [2.05, 4.69) is 42.7 Å². The highest BCUT2D eigenvalue weighted by atomic mass is 16.3. The minimum absolute atomic E-state index is 0.656. The van der Waals surface area contributed by atoms with Gasteiger partial charge in [-0.05, 0) is 50.8 Å². The third-order valence-electron chi connectivity index (χ3n) is 3.08. The molecule has 0 aliphatic heterocycles. The molecule has 0 spiro atoms. The molecule has 17 heavy (non-hydrogen) atoms. The van der Waals surface area contributed by atoms with Crippen molar-refractivity contribution in [2.45, 2.75) is 46.3 Å². The molecule has 2 heteroatoms. The molecule has 0 aliphatic carbocycles. The molecular formula is C15H21NO. The van der Waals surface area contributed by atoms with Gasteiger partial charge in [-0.25, -0.2) is 0 Å². The Balaban J connectivity index is 2.56. The molecule has 0 unspecified atom stereocenters. The first-order chi connectivity index (χ1) is 7.90. The zero-order chi connectivity index (χ0) is 12.6. The Kier molecular flexibility index (Phi) is 3.00. The monoisotopic (exact) mass is 231 g/mol. The van der Waals surface area contributed by atoms with Crippen molar-refractivity contribution < 1.29 is 5.11 Å². The van der Waals surface area contributed by atoms with E-state index in [0.29, 0.717) is 6.42 Å². The summed E-state index contributed by atoms with van der Waals surface area (Å²) in [5.41, 5.74) is 3.10. The van der Waals surface area contributed by atoms with Gasteiger partial charge in [-0.3, -0.25) is 0 Å². The lowest BCUT2D eigenvalue weighted by Crippen LogP contribution is -2.23. The van der Waals surface area contributed by atoms with Gasteiger partial charge in [0.25, 0.3) is 0 Å². The van der Waals surface area contributed by atoms with Crippen LogP contribution in [0.25, 0.3) is 10.9 Å². The van der Waals surface area contributed by atoms with Crippen LogP contribution in [0.1, 0.15) is 32.0 Å². The minimum Gasteiger partial charge on any atom is -0.390 e. The lowest BCUT2D eigenvalue weighted by Gasteiger charge is -2.18. The smallest absolute Gasteiger partial charge is 0.0646 e. The van der Waals surface area contributed by atoms with Crippen molar-refractivity contribution in [3.8, 4) is 0 Å². The van der Waals surface area contributed by atoms with Crippen molar-refractivity contribution in [1.29, 1.82) is 0 Å². The van der Waals surface area contributed by atoms with Gasteiger partial charge in [-0.15, -0.1) is 0 Å². The Hall–Kier alpha value is -1.28. The van der Waals surface area contributed by atoms with Crippen LogP contribution in [0.5, 0.6) is 0 Å². The molecule has 2 rings (SSSR count). The molecule has 0 aliphatic rings. The summed E-state index contributed by atoms with van der Waals surface area (Å²) in [6.07, 6.45) is 0.689. The molecule has 0 saturated heterocycles. The molecular weight excluding hydrogens is 210 g/mol. The number of fused-ring (bicyclic) bond motifs is 1. The first-order valence-corrected chi connectivity index (χ1v) is 6.22. The maximum atomic E-state index is 9.96. The summed E-state index contributed by atoms with van der Waals surface area (Å²) in [4.78, 5) is 0. The van der Waals surface area contributed by atoms with Gasteiger partial charge in [0.05, 0.1) is 5.60 Å². The molecule has 2 aromatic rings. The van der Waals surface area contributed by atoms with Gasteiger partial charge < -0.3 is 9.67 Å². The van der Waals surface area contributed by atoms with Crippen molar-refractivity contribution in [1.82, 2.24) is 4.57 Å². The second-order valence-electron chi connectivity index (χ2n) is 5.43. The summed E-state index contributed by atoms with van der Waals surface area (Å²) in [7, 11) is 0. The molecule has 1 aromatic heterocycles. The van der Waals surface area contributed by atoms with Crippen LogP contribution >= 0.6 is 0 Å². The van der Waals surface area contributed by atoms with Gasteiger partial charge >= 0.3 is 0 Å². The van der Waals surface area contributed by atoms with E-state index in [1.54, 1.807) is 0 Å². The fourth-order valence-corrected chi connectivity index (χ4v) is 2.38. The highest BCUT2D eigenvalue weighted by Crippen LogP contribution is 2.24. The highest BCUT2D eigenvalue weighted by molar-refractivity contribution is 5.82. The summed E-state index contributed by atoms with van der Waals surface area (Å²) in [6.45, 7) is 8.92. The van der Waals surface area contributed by atoms with Gasteiger partial charge in [-0.2, -0.15) is 0 Å². The van der Waals surface area contributed by atoms with Crippen LogP contribution < -0.4 is 0 Å². The predicted molar refractivity (Wildman–Crippen MR) is 72.4 cm³/mol. The van der Waals surface area contributed by atoms with Crippen LogP contribution in [-0.4, -0.2) is 15.3 Å². The third kappa shape index (κ3) is 2.52. The molecule has 0 bridgehead atoms. The van der Waals surface area contributed by atoms with Gasteiger partial charge in [0, 0.05) is 24.2 Å². The first kappa shape index (κ1) is 12.2. The van der Waals surface area contributed by atoms with Gasteiger partial charge in [-0.1, -0.05) is 12.1 Å². The minimum atomic E-state index is -0.656. The van der Waals surface area contributed by atoms with E-state index in [9.17, 15) is 5.11 Å². The van der Waals surface area contributed by atoms with Gasteiger partial charge in [0.2, 0.25) is 0 Å². The second kappa shape index (κ2) is 4.19. The SMILES string of the molecule is CCn1c(CC(C)(C)O)cc2ccc(C)cc21. The number of rotatable bonds is 3. The molecule has 0 amide bonds. The molecule has 2 nitrogen and oxygen atoms in total. The molecule has 92 valence electrons. The van der Waals surface area contributed by atoms with E-state index < -0.39 is 5.60 Å². The molecule has 0 saturated carbocycles. The van der Waals surface area contributed by atoms with E-state index in [0.717, 1.165) is 6.54 Å². The fraction of sp³-hybridized carbons (Fsp3) is 0.467. The van der Waals surface area contributed by atoms with Crippen LogP contribution in [0.2, 0.25) is 0 Å². The zero-order valence-electron chi connectivity index (χ0n) is 11.1. The summed E-state index contributed by atoms with van der Waals surface area (Å²) in [6, 6.07) is 8.70. The quantitative estimate of drug-likeness (QED) is 0.861. The molecule has 0 radical (unpaired) electrons. The molecule has 1 N–H and O–H groups in total. The molecule has 0 atom stereocenters. The fourth-order valence-electron chi connectivity index (χ4n) is 2.38. The zero-order valence-corrected chi connectivity index (χ0v) is 11.1. The van der Waals surface area contributed by atoms with E-state index >= 15 is 0 Å². The Morgan fingerprint density at radius 3 is 2.53 bits per heavy atom. The molecule has 1 aromatic carbocycles. The summed E-state index contributed by atoms with van der Waals surface area (Å²) in [5.74, 6) is 0.